The fourth-order valence-corrected chi connectivity index (χ4v) is 2.71. The van der Waals surface area contributed by atoms with Crippen LogP contribution < -0.4 is 4.74 Å². The first kappa shape index (κ1) is 16.6. The van der Waals surface area contributed by atoms with E-state index in [9.17, 15) is 18.0 Å². The minimum Gasteiger partial charge on any atom is -0.496 e. The number of para-hydroxylation sites is 1. The summed E-state index contributed by atoms with van der Waals surface area (Å²) in [5, 5.41) is 0. The maximum Gasteiger partial charge on any atom is 0.406 e. The summed E-state index contributed by atoms with van der Waals surface area (Å²) in [6, 6.07) is 6.85. The number of carbonyl (C=O) groups excluding carboxylic acids is 1. The van der Waals surface area contributed by atoms with Crippen molar-refractivity contribution in [2.75, 3.05) is 13.7 Å². The fraction of sp³-hybridized carbons (Fsp3) is 0.562. The zero-order valence-corrected chi connectivity index (χ0v) is 12.9. The Balaban J connectivity index is 2.11. The van der Waals surface area contributed by atoms with Crippen LogP contribution in [0.25, 0.3) is 0 Å². The highest BCUT2D eigenvalue weighted by atomic mass is 19.4. The summed E-state index contributed by atoms with van der Waals surface area (Å²) < 4.78 is 43.2. The molecular formula is C16H20F3NO2. The Bertz CT molecular complexity index is 542. The third kappa shape index (κ3) is 3.72. The summed E-state index contributed by atoms with van der Waals surface area (Å²) in [5.41, 5.74) is 0.888. The van der Waals surface area contributed by atoms with Gasteiger partial charge < -0.3 is 9.64 Å². The van der Waals surface area contributed by atoms with Crippen LogP contribution in [-0.2, 0) is 4.79 Å². The van der Waals surface area contributed by atoms with Gasteiger partial charge in [-0.2, -0.15) is 13.2 Å². The number of halogens is 3. The second-order valence-electron chi connectivity index (χ2n) is 5.87. The third-order valence-electron chi connectivity index (χ3n) is 3.90. The van der Waals surface area contributed by atoms with Crippen molar-refractivity contribution < 1.29 is 22.7 Å². The number of rotatable bonds is 5. The normalized spacial score (nSPS) is 20.9. The van der Waals surface area contributed by atoms with Crippen molar-refractivity contribution >= 4 is 5.91 Å². The molecular weight excluding hydrogens is 295 g/mol. The predicted octanol–water partition coefficient (Wildman–Crippen LogP) is 3.60. The molecule has 0 spiro atoms. The van der Waals surface area contributed by atoms with Gasteiger partial charge in [0.1, 0.15) is 12.3 Å². The molecule has 0 saturated heterocycles. The van der Waals surface area contributed by atoms with E-state index in [2.05, 4.69) is 0 Å². The van der Waals surface area contributed by atoms with Gasteiger partial charge in [-0.1, -0.05) is 18.2 Å². The van der Waals surface area contributed by atoms with E-state index >= 15 is 0 Å². The predicted molar refractivity (Wildman–Crippen MR) is 76.7 cm³/mol. The second kappa shape index (κ2) is 6.18. The van der Waals surface area contributed by atoms with E-state index in [1.165, 1.54) is 0 Å². The molecule has 0 aromatic heterocycles. The molecule has 2 rings (SSSR count). The lowest BCUT2D eigenvalue weighted by Gasteiger charge is -2.28. The van der Waals surface area contributed by atoms with Gasteiger partial charge in [-0.05, 0) is 37.8 Å². The largest absolute Gasteiger partial charge is 0.496 e. The molecule has 6 heteroatoms. The number of carbonyl (C=O) groups is 1. The van der Waals surface area contributed by atoms with Gasteiger partial charge in [0.25, 0.3) is 0 Å². The molecule has 0 heterocycles. The van der Waals surface area contributed by atoms with E-state index in [1.54, 1.807) is 27.0 Å². The Morgan fingerprint density at radius 3 is 2.55 bits per heavy atom. The van der Waals surface area contributed by atoms with E-state index in [4.69, 9.17) is 4.74 Å². The SMILES string of the molecule is COc1ccccc1C1CC1C(=O)N(CC(F)(F)F)C(C)C. The second-order valence-corrected chi connectivity index (χ2v) is 5.87. The molecule has 1 aromatic carbocycles. The highest BCUT2D eigenvalue weighted by Gasteiger charge is 2.48. The average Bonchev–Trinajstić information content (AvgIpc) is 3.23. The van der Waals surface area contributed by atoms with Gasteiger partial charge in [-0.3, -0.25) is 4.79 Å². The molecule has 1 fully saturated rings. The van der Waals surface area contributed by atoms with Crippen molar-refractivity contribution in [2.45, 2.75) is 38.4 Å². The van der Waals surface area contributed by atoms with E-state index in [0.717, 1.165) is 10.5 Å². The molecule has 0 bridgehead atoms. The number of amides is 1. The minimum absolute atomic E-state index is 0.0573. The topological polar surface area (TPSA) is 29.5 Å². The lowest BCUT2D eigenvalue weighted by atomic mass is 10.1. The maximum absolute atomic E-state index is 12.6. The van der Waals surface area contributed by atoms with Crippen LogP contribution in [0.4, 0.5) is 13.2 Å². The standard InChI is InChI=1S/C16H20F3NO2/c1-10(2)20(9-16(17,18)19)15(21)13-8-12(13)11-6-4-5-7-14(11)22-3/h4-7,10,12-13H,8-9H2,1-3H3. The summed E-state index contributed by atoms with van der Waals surface area (Å²) in [6.07, 6.45) is -3.81. The van der Waals surface area contributed by atoms with E-state index < -0.39 is 24.7 Å². The highest BCUT2D eigenvalue weighted by Crippen LogP contribution is 2.51. The molecule has 122 valence electrons. The molecule has 1 saturated carbocycles. The molecule has 0 aliphatic heterocycles. The number of ether oxygens (including phenoxy) is 1. The molecule has 2 atom stereocenters. The summed E-state index contributed by atoms with van der Waals surface area (Å²) >= 11 is 0. The first-order valence-electron chi connectivity index (χ1n) is 7.24. The first-order valence-corrected chi connectivity index (χ1v) is 7.24. The zero-order valence-electron chi connectivity index (χ0n) is 12.9. The van der Waals surface area contributed by atoms with Crippen LogP contribution in [0.1, 0.15) is 31.7 Å². The van der Waals surface area contributed by atoms with Gasteiger partial charge in [0.2, 0.25) is 5.91 Å². The van der Waals surface area contributed by atoms with Gasteiger partial charge in [-0.25, -0.2) is 0 Å². The van der Waals surface area contributed by atoms with Gasteiger partial charge in [0, 0.05) is 12.0 Å². The Morgan fingerprint density at radius 1 is 1.36 bits per heavy atom. The van der Waals surface area contributed by atoms with Crippen LogP contribution in [0.15, 0.2) is 24.3 Å². The molecule has 3 nitrogen and oxygen atoms in total. The molecule has 1 amide bonds. The number of methoxy groups -OCH3 is 1. The summed E-state index contributed by atoms with van der Waals surface area (Å²) in [4.78, 5) is 13.3. The van der Waals surface area contributed by atoms with Crippen LogP contribution in [0.3, 0.4) is 0 Å². The molecule has 0 N–H and O–H groups in total. The molecule has 0 radical (unpaired) electrons. The Morgan fingerprint density at radius 2 is 2.00 bits per heavy atom. The molecule has 1 aliphatic rings. The van der Waals surface area contributed by atoms with Crippen LogP contribution in [0, 0.1) is 5.92 Å². The Labute approximate surface area is 128 Å². The van der Waals surface area contributed by atoms with E-state index in [1.807, 2.05) is 18.2 Å². The number of benzene rings is 1. The van der Waals surface area contributed by atoms with Crippen LogP contribution in [0.5, 0.6) is 5.75 Å². The van der Waals surface area contributed by atoms with Crippen LogP contribution >= 0.6 is 0 Å². The number of nitrogens with zero attached hydrogens (tertiary/aromatic N) is 1. The summed E-state index contributed by atoms with van der Waals surface area (Å²) in [5.74, 6) is -0.197. The average molecular weight is 315 g/mol. The lowest BCUT2D eigenvalue weighted by molar-refractivity contribution is -0.165. The van der Waals surface area contributed by atoms with E-state index in [-0.39, 0.29) is 11.8 Å². The highest BCUT2D eigenvalue weighted by molar-refractivity contribution is 5.83. The van der Waals surface area contributed by atoms with Gasteiger partial charge in [0.05, 0.1) is 7.11 Å². The third-order valence-corrected chi connectivity index (χ3v) is 3.90. The number of hydrogen-bond donors (Lipinski definition) is 0. The molecule has 1 aliphatic carbocycles. The van der Waals surface area contributed by atoms with Crippen molar-refractivity contribution in [1.82, 2.24) is 4.90 Å². The van der Waals surface area contributed by atoms with Crippen LogP contribution in [0.2, 0.25) is 0 Å². The quantitative estimate of drug-likeness (QED) is 0.831. The van der Waals surface area contributed by atoms with Crippen molar-refractivity contribution in [1.29, 1.82) is 0 Å². The van der Waals surface area contributed by atoms with Crippen molar-refractivity contribution in [2.24, 2.45) is 5.92 Å². The van der Waals surface area contributed by atoms with Gasteiger partial charge in [-0.15, -0.1) is 0 Å². The lowest BCUT2D eigenvalue weighted by Crippen LogP contribution is -2.44. The fourth-order valence-electron chi connectivity index (χ4n) is 2.71. The van der Waals surface area contributed by atoms with Gasteiger partial charge >= 0.3 is 6.18 Å². The Hall–Kier alpha value is -1.72. The number of alkyl halides is 3. The van der Waals surface area contributed by atoms with Crippen molar-refractivity contribution in [3.63, 3.8) is 0 Å². The Kier molecular flexibility index (Phi) is 4.68. The molecule has 1 aromatic rings. The molecule has 22 heavy (non-hydrogen) atoms. The maximum atomic E-state index is 12.6. The first-order chi connectivity index (χ1) is 10.2. The summed E-state index contributed by atoms with van der Waals surface area (Å²) in [6.45, 7) is 2.01. The summed E-state index contributed by atoms with van der Waals surface area (Å²) in [7, 11) is 1.54. The van der Waals surface area contributed by atoms with Crippen molar-refractivity contribution in [3.05, 3.63) is 29.8 Å². The van der Waals surface area contributed by atoms with Crippen LogP contribution in [-0.4, -0.2) is 36.7 Å². The molecule has 2 unspecified atom stereocenters. The monoisotopic (exact) mass is 315 g/mol. The minimum atomic E-state index is -4.38. The smallest absolute Gasteiger partial charge is 0.406 e. The zero-order chi connectivity index (χ0) is 16.5. The van der Waals surface area contributed by atoms with Gasteiger partial charge in [0.15, 0.2) is 0 Å². The van der Waals surface area contributed by atoms with E-state index in [0.29, 0.717) is 12.2 Å². The number of hydrogen-bond acceptors (Lipinski definition) is 2. The van der Waals surface area contributed by atoms with Crippen molar-refractivity contribution in [3.8, 4) is 5.75 Å².